The first-order valence-electron chi connectivity index (χ1n) is 14.7. The summed E-state index contributed by atoms with van der Waals surface area (Å²) in [5.74, 6) is 0.0522. The van der Waals surface area contributed by atoms with E-state index >= 15 is 0 Å². The number of ether oxygens (including phenoxy) is 2. The van der Waals surface area contributed by atoms with E-state index in [9.17, 15) is 19.6 Å². The molecule has 2 aliphatic heterocycles. The largest absolute Gasteiger partial charge is 0.478 e. The van der Waals surface area contributed by atoms with Crippen LogP contribution in [0.2, 0.25) is 0 Å². The number of benzene rings is 2. The summed E-state index contributed by atoms with van der Waals surface area (Å²) >= 11 is 0. The van der Waals surface area contributed by atoms with Crippen LogP contribution in [0, 0.1) is 17.1 Å². The zero-order chi connectivity index (χ0) is 30.2. The lowest BCUT2D eigenvalue weighted by Gasteiger charge is -2.32. The van der Waals surface area contributed by atoms with Crippen LogP contribution in [0.3, 0.4) is 0 Å². The predicted octanol–water partition coefficient (Wildman–Crippen LogP) is 5.63. The van der Waals surface area contributed by atoms with E-state index < -0.39 is 11.8 Å². The Balaban J connectivity index is 1.02. The minimum atomic E-state index is -0.956. The summed E-state index contributed by atoms with van der Waals surface area (Å²) in [7, 11) is 0. The maximum absolute atomic E-state index is 14.8. The first kappa shape index (κ1) is 28.0. The highest BCUT2D eigenvalue weighted by Gasteiger charge is 2.26. The number of furan rings is 1. The van der Waals surface area contributed by atoms with Crippen molar-refractivity contribution in [1.29, 1.82) is 5.26 Å². The van der Waals surface area contributed by atoms with Gasteiger partial charge in [0.05, 0.1) is 59.2 Å². The summed E-state index contributed by atoms with van der Waals surface area (Å²) in [5.41, 5.74) is 3.56. The van der Waals surface area contributed by atoms with Crippen LogP contribution in [-0.2, 0) is 24.4 Å². The highest BCUT2D eigenvalue weighted by Crippen LogP contribution is 2.31. The van der Waals surface area contributed by atoms with E-state index in [1.165, 1.54) is 12.3 Å². The minimum Gasteiger partial charge on any atom is -0.478 e. The molecule has 0 radical (unpaired) electrons. The zero-order valence-electron chi connectivity index (χ0n) is 23.9. The fraction of sp³-hybridized carbons (Fsp3) is 0.333. The number of carbonyl (C=O) groups is 1. The summed E-state index contributed by atoms with van der Waals surface area (Å²) < 4.78 is 34.0. The Bertz CT molecular complexity index is 1900. The third-order valence-electron chi connectivity index (χ3n) is 8.64. The highest BCUT2D eigenvalue weighted by atomic mass is 19.1. The summed E-state index contributed by atoms with van der Waals surface area (Å²) in [5, 5.41) is 19.4. The van der Waals surface area contributed by atoms with E-state index in [1.54, 1.807) is 30.3 Å². The van der Waals surface area contributed by atoms with Crippen LogP contribution in [0.25, 0.3) is 22.0 Å². The van der Waals surface area contributed by atoms with Crippen molar-refractivity contribution in [2.24, 2.45) is 0 Å². The number of nitrogens with zero attached hydrogens (tertiary/aromatic N) is 5. The second-order valence-electron chi connectivity index (χ2n) is 11.3. The Kier molecular flexibility index (Phi) is 7.46. The smallest absolute Gasteiger partial charge is 0.335 e. The molecule has 0 spiro atoms. The molecule has 224 valence electrons. The Hall–Kier alpha value is -4.79. The zero-order valence-corrected chi connectivity index (χ0v) is 23.9. The maximum Gasteiger partial charge on any atom is 0.335 e. The number of aromatic carboxylic acids is 1. The molecule has 0 amide bonds. The van der Waals surface area contributed by atoms with Crippen LogP contribution >= 0.6 is 0 Å². The molecule has 7 rings (SSSR count). The standard InChI is InChI=1S/C33H30FN5O5/c34-26-14-22(16-35)24-9-13-43-32(24)25(26)19-44-31-3-1-2-27(37-31)20-6-10-38(11-7-20)18-30-36-28-5-4-21(33(40)41)15-29(28)39(30)17-23-8-12-42-23/h1-5,9,13-15,20,23H,6-8,10-12,17-19H2,(H,40,41)/t23-/m0/s1. The number of hydrogen-bond donors (Lipinski definition) is 1. The van der Waals surface area contributed by atoms with Gasteiger partial charge < -0.3 is 23.6 Å². The van der Waals surface area contributed by atoms with Gasteiger partial charge in [0, 0.05) is 29.7 Å². The molecular weight excluding hydrogens is 565 g/mol. The number of pyridine rings is 1. The van der Waals surface area contributed by atoms with Crippen LogP contribution in [0.4, 0.5) is 4.39 Å². The van der Waals surface area contributed by atoms with Crippen molar-refractivity contribution >= 4 is 28.0 Å². The fourth-order valence-corrected chi connectivity index (χ4v) is 6.12. The number of imidazole rings is 1. The van der Waals surface area contributed by atoms with E-state index in [4.69, 9.17) is 23.9 Å². The second-order valence-corrected chi connectivity index (χ2v) is 11.3. The average Bonchev–Trinajstić information content (AvgIpc) is 3.63. The lowest BCUT2D eigenvalue weighted by Crippen LogP contribution is -2.35. The van der Waals surface area contributed by atoms with Gasteiger partial charge in [0.2, 0.25) is 5.88 Å². The maximum atomic E-state index is 14.8. The van der Waals surface area contributed by atoms with Crippen LogP contribution in [0.15, 0.2) is 59.2 Å². The molecule has 44 heavy (non-hydrogen) atoms. The topological polar surface area (TPSA) is 127 Å². The average molecular weight is 596 g/mol. The summed E-state index contributed by atoms with van der Waals surface area (Å²) in [6.07, 6.45) is 4.34. The summed E-state index contributed by atoms with van der Waals surface area (Å²) in [6, 6.07) is 15.6. The van der Waals surface area contributed by atoms with Crippen molar-refractivity contribution in [3.05, 3.63) is 88.8 Å². The predicted molar refractivity (Wildman–Crippen MR) is 158 cm³/mol. The number of piperidine rings is 1. The molecule has 1 atom stereocenters. The lowest BCUT2D eigenvalue weighted by molar-refractivity contribution is -0.0592. The number of rotatable bonds is 9. The van der Waals surface area contributed by atoms with Gasteiger partial charge in [0.25, 0.3) is 0 Å². The molecular formula is C33H30FN5O5. The van der Waals surface area contributed by atoms with E-state index in [0.29, 0.717) is 29.9 Å². The number of likely N-dealkylation sites (tertiary alicyclic amines) is 1. The van der Waals surface area contributed by atoms with Crippen LogP contribution in [-0.4, -0.2) is 56.3 Å². The van der Waals surface area contributed by atoms with Crippen molar-refractivity contribution < 1.29 is 28.2 Å². The number of hydrogen-bond acceptors (Lipinski definition) is 8. The Morgan fingerprint density at radius 1 is 1.14 bits per heavy atom. The normalized spacial score (nSPS) is 17.5. The van der Waals surface area contributed by atoms with Crippen LogP contribution in [0.1, 0.15) is 58.2 Å². The fourth-order valence-electron chi connectivity index (χ4n) is 6.12. The van der Waals surface area contributed by atoms with Gasteiger partial charge >= 0.3 is 5.97 Å². The Labute approximate surface area is 252 Å². The number of halogens is 1. The minimum absolute atomic E-state index is 0.0721. The van der Waals surface area contributed by atoms with Gasteiger partial charge in [0.15, 0.2) is 0 Å². The molecule has 2 aromatic carbocycles. The SMILES string of the molecule is N#Cc1cc(F)c(COc2cccc(C3CCN(Cc4nc5ccc(C(=O)O)cc5n4C[C@@H]4CCO4)CC3)n2)c2occc12. The van der Waals surface area contributed by atoms with Gasteiger partial charge in [-0.1, -0.05) is 6.07 Å². The summed E-state index contributed by atoms with van der Waals surface area (Å²) in [6.45, 7) is 3.70. The van der Waals surface area contributed by atoms with Gasteiger partial charge in [-0.15, -0.1) is 0 Å². The molecule has 2 aliphatic rings. The van der Waals surface area contributed by atoms with Crippen molar-refractivity contribution in [3.63, 3.8) is 0 Å². The lowest BCUT2D eigenvalue weighted by atomic mass is 9.93. The van der Waals surface area contributed by atoms with Crippen LogP contribution < -0.4 is 4.74 Å². The molecule has 10 nitrogen and oxygen atoms in total. The number of aromatic nitrogens is 3. The van der Waals surface area contributed by atoms with Gasteiger partial charge in [0.1, 0.15) is 23.8 Å². The Morgan fingerprint density at radius 2 is 1.98 bits per heavy atom. The monoisotopic (exact) mass is 595 g/mol. The molecule has 11 heteroatoms. The van der Waals surface area contributed by atoms with Gasteiger partial charge in [-0.2, -0.15) is 5.26 Å². The number of carboxylic acid groups (broad SMARTS) is 1. The molecule has 0 saturated carbocycles. The van der Waals surface area contributed by atoms with Crippen molar-refractivity contribution in [2.45, 2.75) is 51.0 Å². The number of carboxylic acids is 1. The molecule has 2 saturated heterocycles. The first-order chi connectivity index (χ1) is 21.5. The van der Waals surface area contributed by atoms with E-state index in [1.807, 2.05) is 18.2 Å². The molecule has 2 fully saturated rings. The first-order valence-corrected chi connectivity index (χ1v) is 14.7. The van der Waals surface area contributed by atoms with Crippen molar-refractivity contribution in [1.82, 2.24) is 19.4 Å². The molecule has 5 aromatic rings. The van der Waals surface area contributed by atoms with Crippen LogP contribution in [0.5, 0.6) is 5.88 Å². The van der Waals surface area contributed by atoms with Crippen molar-refractivity contribution in [3.8, 4) is 11.9 Å². The highest BCUT2D eigenvalue weighted by molar-refractivity contribution is 5.92. The molecule has 0 bridgehead atoms. The van der Waals surface area contributed by atoms with Gasteiger partial charge in [-0.3, -0.25) is 4.90 Å². The molecule has 0 aliphatic carbocycles. The third kappa shape index (κ3) is 5.38. The molecule has 1 N–H and O–H groups in total. The van der Waals surface area contributed by atoms with Gasteiger partial charge in [-0.05, 0) is 68.8 Å². The van der Waals surface area contributed by atoms with E-state index in [2.05, 4.69) is 9.47 Å². The molecule has 5 heterocycles. The van der Waals surface area contributed by atoms with E-state index in [0.717, 1.165) is 61.5 Å². The van der Waals surface area contributed by atoms with Gasteiger partial charge in [-0.25, -0.2) is 19.2 Å². The molecule has 3 aromatic heterocycles. The molecule has 0 unspecified atom stereocenters. The number of fused-ring (bicyclic) bond motifs is 2. The second kappa shape index (κ2) is 11.7. The summed E-state index contributed by atoms with van der Waals surface area (Å²) in [4.78, 5) is 23.6. The third-order valence-corrected chi connectivity index (χ3v) is 8.64. The quantitative estimate of drug-likeness (QED) is 0.231. The van der Waals surface area contributed by atoms with Crippen molar-refractivity contribution in [2.75, 3.05) is 19.7 Å². The number of nitriles is 1. The Morgan fingerprint density at radius 3 is 2.73 bits per heavy atom. The van der Waals surface area contributed by atoms with E-state index in [-0.39, 0.29) is 35.3 Å².